The fourth-order valence-corrected chi connectivity index (χ4v) is 3.06. The largest absolute Gasteiger partial charge is 0.493 e. The second-order valence-corrected chi connectivity index (χ2v) is 6.15. The lowest BCUT2D eigenvalue weighted by atomic mass is 9.93. The number of rotatable bonds is 5. The average Bonchev–Trinajstić information content (AvgIpc) is 2.55. The van der Waals surface area contributed by atoms with Gasteiger partial charge in [0, 0.05) is 20.2 Å². The molecule has 1 saturated heterocycles. The Morgan fingerprint density at radius 1 is 1.30 bits per heavy atom. The van der Waals surface area contributed by atoms with E-state index >= 15 is 0 Å². The van der Waals surface area contributed by atoms with Crippen molar-refractivity contribution in [3.63, 3.8) is 0 Å². The molecule has 1 fully saturated rings. The minimum Gasteiger partial charge on any atom is -0.493 e. The van der Waals surface area contributed by atoms with Crippen molar-refractivity contribution in [2.75, 3.05) is 27.9 Å². The number of carbonyl (C=O) groups excluding carboxylic acids is 1. The summed E-state index contributed by atoms with van der Waals surface area (Å²) in [6.07, 6.45) is 1.84. The number of hydrogen-bond donors (Lipinski definition) is 0. The Morgan fingerprint density at radius 2 is 1.96 bits per heavy atom. The molecule has 2 atom stereocenters. The third kappa shape index (κ3) is 3.96. The molecule has 0 bridgehead atoms. The van der Waals surface area contributed by atoms with Gasteiger partial charge in [0.15, 0.2) is 11.5 Å². The Hall–Kier alpha value is -1.75. The van der Waals surface area contributed by atoms with Crippen LogP contribution in [0, 0.1) is 12.8 Å². The molecule has 1 aromatic carbocycles. The summed E-state index contributed by atoms with van der Waals surface area (Å²) < 4.78 is 16.3. The van der Waals surface area contributed by atoms with Crippen LogP contribution < -0.4 is 9.47 Å². The van der Waals surface area contributed by atoms with E-state index in [-0.39, 0.29) is 17.9 Å². The van der Waals surface area contributed by atoms with Gasteiger partial charge in [-0.25, -0.2) is 0 Å². The first-order valence-corrected chi connectivity index (χ1v) is 8.06. The van der Waals surface area contributed by atoms with Gasteiger partial charge in [0.05, 0.1) is 26.2 Å². The molecule has 1 aliphatic rings. The van der Waals surface area contributed by atoms with Crippen molar-refractivity contribution in [3.05, 3.63) is 23.3 Å². The normalized spacial score (nSPS) is 20.9. The van der Waals surface area contributed by atoms with Gasteiger partial charge in [-0.15, -0.1) is 0 Å². The molecule has 0 spiro atoms. The van der Waals surface area contributed by atoms with E-state index in [1.54, 1.807) is 19.1 Å². The predicted octanol–water partition coefficient (Wildman–Crippen LogP) is 2.79. The van der Waals surface area contributed by atoms with Gasteiger partial charge in [-0.05, 0) is 49.9 Å². The summed E-state index contributed by atoms with van der Waals surface area (Å²) in [4.78, 5) is 14.5. The second-order valence-electron chi connectivity index (χ2n) is 6.15. The summed E-state index contributed by atoms with van der Waals surface area (Å²) in [5, 5.41) is 0. The molecular formula is C18H27NO4. The summed E-state index contributed by atoms with van der Waals surface area (Å²) in [5.41, 5.74) is 2.14. The van der Waals surface area contributed by atoms with Crippen LogP contribution in [-0.2, 0) is 16.1 Å². The van der Waals surface area contributed by atoms with E-state index in [0.717, 1.165) is 30.6 Å². The van der Waals surface area contributed by atoms with Crippen molar-refractivity contribution in [1.29, 1.82) is 0 Å². The third-order valence-corrected chi connectivity index (χ3v) is 4.55. The van der Waals surface area contributed by atoms with Crippen LogP contribution in [0.2, 0.25) is 0 Å². The minimum absolute atomic E-state index is 0.00907. The molecule has 2 rings (SSSR count). The number of hydrogen-bond acceptors (Lipinski definition) is 4. The third-order valence-electron chi connectivity index (χ3n) is 4.55. The lowest BCUT2D eigenvalue weighted by Gasteiger charge is -2.31. The van der Waals surface area contributed by atoms with Crippen LogP contribution in [0.15, 0.2) is 12.1 Å². The molecule has 0 aliphatic carbocycles. The summed E-state index contributed by atoms with van der Waals surface area (Å²) in [6, 6.07) is 3.89. The number of methoxy groups -OCH3 is 2. The maximum absolute atomic E-state index is 12.7. The van der Waals surface area contributed by atoms with Crippen molar-refractivity contribution in [1.82, 2.24) is 4.90 Å². The Balaban J connectivity index is 2.13. The van der Waals surface area contributed by atoms with E-state index in [9.17, 15) is 4.79 Å². The fraction of sp³-hybridized carbons (Fsp3) is 0.611. The number of amides is 1. The lowest BCUT2D eigenvalue weighted by Crippen LogP contribution is -2.41. The monoisotopic (exact) mass is 321 g/mol. The summed E-state index contributed by atoms with van der Waals surface area (Å²) in [5.74, 6) is 1.49. The Morgan fingerprint density at radius 3 is 2.57 bits per heavy atom. The van der Waals surface area contributed by atoms with Gasteiger partial charge in [0.2, 0.25) is 5.91 Å². The first-order chi connectivity index (χ1) is 11.0. The molecule has 0 N–H and O–H groups in total. The smallest absolute Gasteiger partial charge is 0.228 e. The minimum atomic E-state index is -0.0470. The molecule has 23 heavy (non-hydrogen) atoms. The molecule has 0 unspecified atom stereocenters. The van der Waals surface area contributed by atoms with Crippen molar-refractivity contribution < 1.29 is 19.0 Å². The highest BCUT2D eigenvalue weighted by atomic mass is 16.5. The van der Waals surface area contributed by atoms with E-state index in [4.69, 9.17) is 14.2 Å². The molecule has 0 radical (unpaired) electrons. The molecule has 0 aromatic heterocycles. The molecule has 5 heteroatoms. The van der Waals surface area contributed by atoms with Crippen molar-refractivity contribution in [2.45, 2.75) is 39.3 Å². The first-order valence-electron chi connectivity index (χ1n) is 8.06. The molecule has 1 aromatic rings. The predicted molar refractivity (Wildman–Crippen MR) is 88.9 cm³/mol. The SMILES string of the molecule is COc1cc(C)c(CN(C)C(=O)[C@H]2CCCO[C@@H]2C)cc1OC. The average molecular weight is 321 g/mol. The first kappa shape index (κ1) is 17.6. The van der Waals surface area contributed by atoms with Crippen molar-refractivity contribution in [2.24, 2.45) is 5.92 Å². The van der Waals surface area contributed by atoms with Crippen LogP contribution in [0.25, 0.3) is 0 Å². The molecule has 0 saturated carbocycles. The summed E-state index contributed by atoms with van der Waals surface area (Å²) in [7, 11) is 5.09. The number of benzene rings is 1. The van der Waals surface area contributed by atoms with E-state index in [2.05, 4.69) is 0 Å². The maximum Gasteiger partial charge on any atom is 0.228 e. The number of ether oxygens (including phenoxy) is 3. The van der Waals surface area contributed by atoms with Gasteiger partial charge >= 0.3 is 0 Å². The Labute approximate surface area is 138 Å². The van der Waals surface area contributed by atoms with Crippen molar-refractivity contribution >= 4 is 5.91 Å². The molecule has 1 amide bonds. The molecule has 5 nitrogen and oxygen atoms in total. The van der Waals surface area contributed by atoms with E-state index in [0.29, 0.717) is 18.0 Å². The quantitative estimate of drug-likeness (QED) is 0.837. The number of aryl methyl sites for hydroxylation is 1. The van der Waals surface area contributed by atoms with Crippen LogP contribution in [0.3, 0.4) is 0 Å². The van der Waals surface area contributed by atoms with E-state index in [1.807, 2.05) is 33.0 Å². The van der Waals surface area contributed by atoms with Crippen LogP contribution in [0.4, 0.5) is 0 Å². The highest BCUT2D eigenvalue weighted by Gasteiger charge is 2.30. The van der Waals surface area contributed by atoms with Gasteiger partial charge < -0.3 is 19.1 Å². The molecule has 128 valence electrons. The standard InChI is InChI=1S/C18H27NO4/c1-12-9-16(21-4)17(22-5)10-14(12)11-19(3)18(20)15-7-6-8-23-13(15)2/h9-10,13,15H,6-8,11H2,1-5H3/t13-,15+/m1/s1. The van der Waals surface area contributed by atoms with Crippen LogP contribution >= 0.6 is 0 Å². The lowest BCUT2D eigenvalue weighted by molar-refractivity contribution is -0.143. The van der Waals surface area contributed by atoms with E-state index in [1.165, 1.54) is 0 Å². The van der Waals surface area contributed by atoms with E-state index < -0.39 is 0 Å². The Bertz CT molecular complexity index is 558. The van der Waals surface area contributed by atoms with Crippen LogP contribution in [0.1, 0.15) is 30.9 Å². The Kier molecular flexibility index (Phi) is 5.88. The van der Waals surface area contributed by atoms with Crippen LogP contribution in [0.5, 0.6) is 11.5 Å². The fourth-order valence-electron chi connectivity index (χ4n) is 3.06. The molecule has 1 heterocycles. The highest BCUT2D eigenvalue weighted by Crippen LogP contribution is 2.31. The van der Waals surface area contributed by atoms with Gasteiger partial charge in [-0.3, -0.25) is 4.79 Å². The van der Waals surface area contributed by atoms with Gasteiger partial charge in [-0.1, -0.05) is 0 Å². The second kappa shape index (κ2) is 7.68. The van der Waals surface area contributed by atoms with Gasteiger partial charge in [-0.2, -0.15) is 0 Å². The van der Waals surface area contributed by atoms with Gasteiger partial charge in [0.25, 0.3) is 0 Å². The number of carbonyl (C=O) groups is 1. The summed E-state index contributed by atoms with van der Waals surface area (Å²) >= 11 is 0. The van der Waals surface area contributed by atoms with Crippen molar-refractivity contribution in [3.8, 4) is 11.5 Å². The summed E-state index contributed by atoms with van der Waals surface area (Å²) in [6.45, 7) is 5.30. The zero-order valence-corrected chi connectivity index (χ0v) is 14.7. The molecular weight excluding hydrogens is 294 g/mol. The zero-order valence-electron chi connectivity index (χ0n) is 14.7. The molecule has 1 aliphatic heterocycles. The van der Waals surface area contributed by atoms with Crippen LogP contribution in [-0.4, -0.2) is 44.8 Å². The maximum atomic E-state index is 12.7. The van der Waals surface area contributed by atoms with Gasteiger partial charge in [0.1, 0.15) is 0 Å². The highest BCUT2D eigenvalue weighted by molar-refractivity contribution is 5.79. The zero-order chi connectivity index (χ0) is 17.0. The topological polar surface area (TPSA) is 48.0 Å². The number of nitrogens with zero attached hydrogens (tertiary/aromatic N) is 1.